The van der Waals surface area contributed by atoms with E-state index in [1.165, 1.54) is 25.0 Å². The number of carbonyl (C=O) groups excluding carboxylic acids is 1. The van der Waals surface area contributed by atoms with Crippen molar-refractivity contribution in [3.63, 3.8) is 0 Å². The molecule has 49 heavy (non-hydrogen) atoms. The Labute approximate surface area is 283 Å². The van der Waals surface area contributed by atoms with Gasteiger partial charge in [0.15, 0.2) is 0 Å². The molecule has 1 saturated carbocycles. The fraction of sp³-hybridized carbons (Fsp3) is 0.514. The summed E-state index contributed by atoms with van der Waals surface area (Å²) in [7, 11) is 0. The summed E-state index contributed by atoms with van der Waals surface area (Å²) in [5.74, 6) is 0.460. The summed E-state index contributed by atoms with van der Waals surface area (Å²) in [5.41, 5.74) is 2.56. The maximum atomic E-state index is 13.3. The molecule has 1 saturated heterocycles. The van der Waals surface area contributed by atoms with Crippen molar-refractivity contribution >= 4 is 17.3 Å². The first-order valence-electron chi connectivity index (χ1n) is 16.6. The van der Waals surface area contributed by atoms with E-state index in [0.717, 1.165) is 47.5 Å². The standard InChI is InChI=1S/C35H43F3N4O7/c36-35(37,38)28-3-1-2-26(20-28)33(44)41-29-22-30(31(39-24-29)7-6-25-4-5-25)27-21-32(42-8-11-45-12-9-42)34(40-23-27)49-19-18-48-17-16-47-15-14-46-13-10-43/h1-3,20-25,43H,4-19H2,(H,41,44). The van der Waals surface area contributed by atoms with Crippen LogP contribution in [0.5, 0.6) is 5.88 Å². The summed E-state index contributed by atoms with van der Waals surface area (Å²) in [4.78, 5) is 24.6. The Balaban J connectivity index is 1.30. The number of amides is 1. The van der Waals surface area contributed by atoms with E-state index in [4.69, 9.17) is 38.8 Å². The van der Waals surface area contributed by atoms with Gasteiger partial charge in [-0.1, -0.05) is 18.9 Å². The SMILES string of the molecule is O=C(Nc1cnc(CCC2CC2)c(-c2cnc(OCCOCCOCCOCCO)c(N3CCOCC3)c2)c1)c1cccc(C(F)(F)F)c1. The fourth-order valence-corrected chi connectivity index (χ4v) is 5.33. The second kappa shape index (κ2) is 18.3. The molecule has 2 N–H and O–H groups in total. The van der Waals surface area contributed by atoms with Crippen molar-refractivity contribution in [2.45, 2.75) is 31.9 Å². The number of pyridine rings is 2. The third-order valence-electron chi connectivity index (χ3n) is 8.11. The zero-order chi connectivity index (χ0) is 34.5. The first kappa shape index (κ1) is 36.5. The quantitative estimate of drug-likeness (QED) is 0.166. The van der Waals surface area contributed by atoms with Crippen LogP contribution in [0.15, 0.2) is 48.8 Å². The van der Waals surface area contributed by atoms with Crippen LogP contribution in [0.25, 0.3) is 11.1 Å². The van der Waals surface area contributed by atoms with Crippen LogP contribution in [0.4, 0.5) is 24.5 Å². The fourth-order valence-electron chi connectivity index (χ4n) is 5.33. The molecule has 14 heteroatoms. The lowest BCUT2D eigenvalue weighted by atomic mass is 10.0. The second-order valence-electron chi connectivity index (χ2n) is 11.8. The van der Waals surface area contributed by atoms with Gasteiger partial charge >= 0.3 is 6.18 Å². The molecule has 5 rings (SSSR count). The van der Waals surface area contributed by atoms with E-state index in [1.54, 1.807) is 18.5 Å². The van der Waals surface area contributed by atoms with E-state index in [-0.39, 0.29) is 25.4 Å². The van der Waals surface area contributed by atoms with Crippen molar-refractivity contribution in [1.82, 2.24) is 9.97 Å². The molecule has 2 aromatic heterocycles. The van der Waals surface area contributed by atoms with Crippen LogP contribution in [-0.4, -0.2) is 100 Å². The molecule has 3 aromatic rings. The smallest absolute Gasteiger partial charge is 0.416 e. The number of hydrogen-bond acceptors (Lipinski definition) is 10. The lowest BCUT2D eigenvalue weighted by Crippen LogP contribution is -2.36. The van der Waals surface area contributed by atoms with Crippen LogP contribution in [0.1, 0.15) is 40.9 Å². The molecule has 0 radical (unpaired) electrons. The van der Waals surface area contributed by atoms with Crippen molar-refractivity contribution < 1.29 is 46.8 Å². The first-order chi connectivity index (χ1) is 23.8. The van der Waals surface area contributed by atoms with Gasteiger partial charge < -0.3 is 39.0 Å². The number of carbonyl (C=O) groups is 1. The summed E-state index contributed by atoms with van der Waals surface area (Å²) in [6.07, 6.45) is 2.82. The molecular weight excluding hydrogens is 645 g/mol. The number of ether oxygens (including phenoxy) is 5. The van der Waals surface area contributed by atoms with Crippen LogP contribution in [0.3, 0.4) is 0 Å². The number of aliphatic hydroxyl groups excluding tert-OH is 1. The zero-order valence-corrected chi connectivity index (χ0v) is 27.4. The van der Waals surface area contributed by atoms with E-state index < -0.39 is 17.6 Å². The van der Waals surface area contributed by atoms with E-state index in [0.29, 0.717) is 76.8 Å². The summed E-state index contributed by atoms with van der Waals surface area (Å²) in [6.45, 7) is 4.92. The number of aliphatic hydroxyl groups is 1. The topological polar surface area (TPSA) is 125 Å². The molecule has 0 atom stereocenters. The minimum atomic E-state index is -4.56. The van der Waals surface area contributed by atoms with E-state index in [9.17, 15) is 18.0 Å². The third-order valence-corrected chi connectivity index (χ3v) is 8.11. The van der Waals surface area contributed by atoms with Gasteiger partial charge in [0, 0.05) is 41.7 Å². The predicted molar refractivity (Wildman–Crippen MR) is 176 cm³/mol. The van der Waals surface area contributed by atoms with Crippen molar-refractivity contribution in [3.8, 4) is 17.0 Å². The highest BCUT2D eigenvalue weighted by Crippen LogP contribution is 2.37. The van der Waals surface area contributed by atoms with E-state index in [2.05, 4.69) is 10.2 Å². The van der Waals surface area contributed by atoms with Crippen LogP contribution in [0, 0.1) is 5.92 Å². The number of nitrogens with zero attached hydrogens (tertiary/aromatic N) is 3. The number of benzene rings is 1. The Hall–Kier alpha value is -3.82. The number of anilines is 2. The van der Waals surface area contributed by atoms with Crippen molar-refractivity contribution in [2.24, 2.45) is 5.92 Å². The van der Waals surface area contributed by atoms with E-state index >= 15 is 0 Å². The molecule has 1 amide bonds. The molecule has 2 aliphatic rings. The summed E-state index contributed by atoms with van der Waals surface area (Å²) < 4.78 is 67.7. The van der Waals surface area contributed by atoms with Gasteiger partial charge in [0.2, 0.25) is 5.88 Å². The van der Waals surface area contributed by atoms with Gasteiger partial charge in [0.05, 0.1) is 76.9 Å². The Morgan fingerprint density at radius 3 is 2.35 bits per heavy atom. The van der Waals surface area contributed by atoms with Crippen molar-refractivity contribution in [3.05, 3.63) is 65.6 Å². The predicted octanol–water partition coefficient (Wildman–Crippen LogP) is 5.01. The number of alkyl halides is 3. The number of morpholine rings is 1. The minimum absolute atomic E-state index is 0.0193. The van der Waals surface area contributed by atoms with E-state index in [1.807, 2.05) is 6.07 Å². The Morgan fingerprint density at radius 2 is 1.65 bits per heavy atom. The minimum Gasteiger partial charge on any atom is -0.474 e. The largest absolute Gasteiger partial charge is 0.474 e. The molecule has 11 nitrogen and oxygen atoms in total. The molecular formula is C35H43F3N4O7. The number of aryl methyl sites for hydroxylation is 1. The molecule has 2 fully saturated rings. The Kier molecular flexibility index (Phi) is 13.6. The van der Waals surface area contributed by atoms with Crippen LogP contribution >= 0.6 is 0 Å². The summed E-state index contributed by atoms with van der Waals surface area (Å²) in [6, 6.07) is 8.12. The maximum absolute atomic E-state index is 13.3. The highest BCUT2D eigenvalue weighted by atomic mass is 19.4. The molecule has 0 unspecified atom stereocenters. The highest BCUT2D eigenvalue weighted by molar-refractivity contribution is 6.04. The molecule has 1 aromatic carbocycles. The van der Waals surface area contributed by atoms with Crippen LogP contribution in [0.2, 0.25) is 0 Å². The molecule has 1 aliphatic carbocycles. The third kappa shape index (κ3) is 11.4. The number of nitrogens with one attached hydrogen (secondary N) is 1. The monoisotopic (exact) mass is 688 g/mol. The number of hydrogen-bond donors (Lipinski definition) is 2. The summed E-state index contributed by atoms with van der Waals surface area (Å²) >= 11 is 0. The lowest BCUT2D eigenvalue weighted by Gasteiger charge is -2.30. The molecule has 266 valence electrons. The van der Waals surface area contributed by atoms with Gasteiger partial charge in [-0.05, 0) is 49.1 Å². The average Bonchev–Trinajstić information content (AvgIpc) is 3.95. The Morgan fingerprint density at radius 1 is 0.939 bits per heavy atom. The molecule has 3 heterocycles. The average molecular weight is 689 g/mol. The van der Waals surface area contributed by atoms with Gasteiger partial charge in [0.25, 0.3) is 5.91 Å². The number of halogens is 3. The van der Waals surface area contributed by atoms with Gasteiger partial charge in [-0.3, -0.25) is 9.78 Å². The first-order valence-corrected chi connectivity index (χ1v) is 16.6. The van der Waals surface area contributed by atoms with Gasteiger partial charge in [-0.25, -0.2) is 4.98 Å². The second-order valence-corrected chi connectivity index (χ2v) is 11.8. The number of rotatable bonds is 19. The Bertz CT molecular complexity index is 1500. The van der Waals surface area contributed by atoms with Crippen molar-refractivity contribution in [2.75, 3.05) is 89.4 Å². The summed E-state index contributed by atoms with van der Waals surface area (Å²) in [5, 5.41) is 11.4. The van der Waals surface area contributed by atoms with Gasteiger partial charge in [-0.15, -0.1) is 0 Å². The van der Waals surface area contributed by atoms with Crippen LogP contribution < -0.4 is 15.0 Å². The number of aromatic nitrogens is 2. The van der Waals surface area contributed by atoms with Crippen LogP contribution in [-0.2, 0) is 31.5 Å². The van der Waals surface area contributed by atoms with Gasteiger partial charge in [0.1, 0.15) is 12.3 Å². The molecule has 0 bridgehead atoms. The van der Waals surface area contributed by atoms with Gasteiger partial charge in [-0.2, -0.15) is 13.2 Å². The zero-order valence-electron chi connectivity index (χ0n) is 27.4. The molecule has 1 aliphatic heterocycles. The van der Waals surface area contributed by atoms with Crippen molar-refractivity contribution in [1.29, 1.82) is 0 Å². The highest BCUT2D eigenvalue weighted by Gasteiger charge is 2.31. The molecule has 0 spiro atoms. The normalized spacial score (nSPS) is 15.0. The lowest BCUT2D eigenvalue weighted by molar-refractivity contribution is -0.137. The maximum Gasteiger partial charge on any atom is 0.416 e.